The van der Waals surface area contributed by atoms with Crippen LogP contribution in [0.3, 0.4) is 0 Å². The first-order valence-electron chi connectivity index (χ1n) is 11.1. The van der Waals surface area contributed by atoms with Crippen LogP contribution in [0.25, 0.3) is 0 Å². The smallest absolute Gasteiger partial charge is 0.194 e. The molecule has 4 rings (SSSR count). The van der Waals surface area contributed by atoms with Crippen molar-refractivity contribution >= 4 is 35.8 Å². The second-order valence-corrected chi connectivity index (χ2v) is 8.15. The van der Waals surface area contributed by atoms with Gasteiger partial charge in [0.05, 0.1) is 26.4 Å². The number of hydrogen-bond donors (Lipinski definition) is 1. The molecule has 2 saturated heterocycles. The Morgan fingerprint density at radius 3 is 2.72 bits per heavy atom. The summed E-state index contributed by atoms with van der Waals surface area (Å²) < 4.78 is 11.6. The van der Waals surface area contributed by atoms with Crippen molar-refractivity contribution in [1.82, 2.24) is 15.2 Å². The summed E-state index contributed by atoms with van der Waals surface area (Å²) in [6, 6.07) is 10.7. The lowest BCUT2D eigenvalue weighted by Gasteiger charge is -2.36. The number of nitrogens with one attached hydrogen (secondary N) is 1. The van der Waals surface area contributed by atoms with Crippen LogP contribution in [0, 0.1) is 13.8 Å². The van der Waals surface area contributed by atoms with E-state index in [9.17, 15) is 0 Å². The molecule has 1 N–H and O–H groups in total. The van der Waals surface area contributed by atoms with Crippen LogP contribution in [-0.4, -0.2) is 68.9 Å². The topological polar surface area (TPSA) is 62.2 Å². The second-order valence-electron chi connectivity index (χ2n) is 8.15. The third kappa shape index (κ3) is 5.90. The van der Waals surface area contributed by atoms with Gasteiger partial charge in [-0.3, -0.25) is 4.99 Å². The van der Waals surface area contributed by atoms with Gasteiger partial charge in [0.15, 0.2) is 5.96 Å². The molecule has 8 heteroatoms. The zero-order valence-corrected chi connectivity index (χ0v) is 21.5. The Kier molecular flexibility index (Phi) is 9.12. The maximum atomic E-state index is 6.12. The highest BCUT2D eigenvalue weighted by atomic mass is 127. The number of aliphatic imine (C=N–C) groups is 1. The molecule has 7 nitrogen and oxygen atoms in total. The van der Waals surface area contributed by atoms with Gasteiger partial charge < -0.3 is 24.6 Å². The Morgan fingerprint density at radius 2 is 1.97 bits per heavy atom. The molecule has 1 unspecified atom stereocenters. The van der Waals surface area contributed by atoms with Gasteiger partial charge in [0.2, 0.25) is 0 Å². The van der Waals surface area contributed by atoms with Gasteiger partial charge in [0.1, 0.15) is 11.9 Å². The van der Waals surface area contributed by atoms with Gasteiger partial charge in [0, 0.05) is 45.0 Å². The number of aryl methyl sites for hydroxylation is 2. The highest BCUT2D eigenvalue weighted by Gasteiger charge is 2.25. The molecule has 0 saturated carbocycles. The molecule has 2 aliphatic rings. The van der Waals surface area contributed by atoms with Crippen LogP contribution < -0.4 is 10.2 Å². The number of halogens is 1. The average Bonchev–Trinajstić information content (AvgIpc) is 2.80. The summed E-state index contributed by atoms with van der Waals surface area (Å²) in [4.78, 5) is 13.8. The highest BCUT2D eigenvalue weighted by Crippen LogP contribution is 2.26. The van der Waals surface area contributed by atoms with E-state index in [0.717, 1.165) is 51.2 Å². The number of benzene rings is 1. The normalized spacial score (nSPS) is 19.5. The van der Waals surface area contributed by atoms with E-state index in [2.05, 4.69) is 63.2 Å². The third-order valence-corrected chi connectivity index (χ3v) is 5.97. The van der Waals surface area contributed by atoms with E-state index in [0.29, 0.717) is 13.2 Å². The highest BCUT2D eigenvalue weighted by molar-refractivity contribution is 14.0. The number of anilines is 1. The first-order valence-corrected chi connectivity index (χ1v) is 11.1. The van der Waals surface area contributed by atoms with Gasteiger partial charge >= 0.3 is 0 Å². The Morgan fingerprint density at radius 1 is 1.16 bits per heavy atom. The van der Waals surface area contributed by atoms with Crippen molar-refractivity contribution in [3.05, 3.63) is 58.8 Å². The van der Waals surface area contributed by atoms with E-state index >= 15 is 0 Å². The van der Waals surface area contributed by atoms with Crippen LogP contribution >= 0.6 is 24.0 Å². The summed E-state index contributed by atoms with van der Waals surface area (Å²) >= 11 is 0. The van der Waals surface area contributed by atoms with Gasteiger partial charge in [-0.25, -0.2) is 4.98 Å². The van der Waals surface area contributed by atoms with Crippen molar-refractivity contribution in [2.75, 3.05) is 57.9 Å². The Bertz CT molecular complexity index is 917. The largest absolute Gasteiger partial charge is 0.378 e. The van der Waals surface area contributed by atoms with Crippen molar-refractivity contribution in [3.8, 4) is 0 Å². The van der Waals surface area contributed by atoms with Crippen LogP contribution in [0.2, 0.25) is 0 Å². The standard InChI is InChI=1S/C24H33N5O2.HI/c1-18-6-7-21(19(2)15-18)22-17-29(11-14-31-22)24(25-3)27-16-20-5-4-8-26-23(20)28-9-12-30-13-10-28;/h4-8,15,22H,9-14,16-17H2,1-3H3,(H,25,27);1H. The van der Waals surface area contributed by atoms with E-state index in [-0.39, 0.29) is 30.1 Å². The predicted molar refractivity (Wildman–Crippen MR) is 139 cm³/mol. The van der Waals surface area contributed by atoms with E-state index in [4.69, 9.17) is 9.47 Å². The number of aromatic nitrogens is 1. The lowest BCUT2D eigenvalue weighted by molar-refractivity contribution is -0.00834. The summed E-state index contributed by atoms with van der Waals surface area (Å²) in [5.74, 6) is 1.93. The van der Waals surface area contributed by atoms with Crippen molar-refractivity contribution < 1.29 is 9.47 Å². The van der Waals surface area contributed by atoms with Crippen LogP contribution in [0.4, 0.5) is 5.82 Å². The Labute approximate surface area is 208 Å². The third-order valence-electron chi connectivity index (χ3n) is 5.97. The first kappa shape index (κ1) is 24.7. The molecular weight excluding hydrogens is 517 g/mol. The minimum absolute atomic E-state index is 0. The molecule has 0 spiro atoms. The van der Waals surface area contributed by atoms with Gasteiger partial charge in [-0.05, 0) is 31.0 Å². The number of hydrogen-bond acceptors (Lipinski definition) is 5. The number of rotatable bonds is 4. The molecule has 174 valence electrons. The number of morpholine rings is 2. The quantitative estimate of drug-likeness (QED) is 0.358. The molecule has 0 bridgehead atoms. The molecule has 32 heavy (non-hydrogen) atoms. The van der Waals surface area contributed by atoms with Crippen molar-refractivity contribution in [2.24, 2.45) is 4.99 Å². The van der Waals surface area contributed by atoms with Gasteiger partial charge in [0.25, 0.3) is 0 Å². The summed E-state index contributed by atoms with van der Waals surface area (Å²) in [5, 5.41) is 3.55. The van der Waals surface area contributed by atoms with E-state index in [1.807, 2.05) is 19.3 Å². The molecule has 1 atom stereocenters. The van der Waals surface area contributed by atoms with Crippen LogP contribution in [0.15, 0.2) is 41.5 Å². The monoisotopic (exact) mass is 551 g/mol. The summed E-state index contributed by atoms with van der Waals surface area (Å²) in [5.41, 5.74) is 4.98. The zero-order chi connectivity index (χ0) is 21.6. The number of guanidine groups is 1. The Balaban J connectivity index is 0.00000289. The lowest BCUT2D eigenvalue weighted by atomic mass is 10.00. The lowest BCUT2D eigenvalue weighted by Crippen LogP contribution is -2.48. The van der Waals surface area contributed by atoms with Crippen molar-refractivity contribution in [2.45, 2.75) is 26.5 Å². The molecule has 1 aromatic carbocycles. The van der Waals surface area contributed by atoms with Crippen LogP contribution in [0.1, 0.15) is 28.4 Å². The van der Waals surface area contributed by atoms with E-state index in [1.165, 1.54) is 22.3 Å². The van der Waals surface area contributed by atoms with Crippen molar-refractivity contribution in [3.63, 3.8) is 0 Å². The predicted octanol–water partition coefficient (Wildman–Crippen LogP) is 3.30. The van der Waals surface area contributed by atoms with Gasteiger partial charge in [-0.2, -0.15) is 0 Å². The van der Waals surface area contributed by atoms with Crippen LogP contribution in [-0.2, 0) is 16.0 Å². The molecule has 1 aromatic heterocycles. The van der Waals surface area contributed by atoms with Gasteiger partial charge in [-0.15, -0.1) is 24.0 Å². The van der Waals surface area contributed by atoms with Gasteiger partial charge in [-0.1, -0.05) is 29.8 Å². The van der Waals surface area contributed by atoms with E-state index < -0.39 is 0 Å². The first-order chi connectivity index (χ1) is 15.2. The van der Waals surface area contributed by atoms with Crippen LogP contribution in [0.5, 0.6) is 0 Å². The summed E-state index contributed by atoms with van der Waals surface area (Å²) in [6.07, 6.45) is 1.91. The molecule has 2 fully saturated rings. The molecule has 3 heterocycles. The minimum atomic E-state index is 0. The second kappa shape index (κ2) is 11.8. The summed E-state index contributed by atoms with van der Waals surface area (Å²) in [7, 11) is 1.84. The molecule has 2 aromatic rings. The number of pyridine rings is 1. The number of nitrogens with zero attached hydrogens (tertiary/aromatic N) is 4. The fourth-order valence-corrected chi connectivity index (χ4v) is 4.35. The fourth-order valence-electron chi connectivity index (χ4n) is 4.35. The van der Waals surface area contributed by atoms with Crippen molar-refractivity contribution in [1.29, 1.82) is 0 Å². The Hall–Kier alpha value is -1.91. The minimum Gasteiger partial charge on any atom is -0.378 e. The maximum absolute atomic E-state index is 6.12. The molecule has 0 radical (unpaired) electrons. The summed E-state index contributed by atoms with van der Waals surface area (Å²) in [6.45, 7) is 10.5. The zero-order valence-electron chi connectivity index (χ0n) is 19.2. The maximum Gasteiger partial charge on any atom is 0.194 e. The molecule has 2 aliphatic heterocycles. The molecular formula is C24H34IN5O2. The number of ether oxygens (including phenoxy) is 2. The molecule has 0 aliphatic carbocycles. The fraction of sp³-hybridized carbons (Fsp3) is 0.500. The SMILES string of the molecule is CN=C(NCc1cccnc1N1CCOCC1)N1CCOC(c2ccc(C)cc2C)C1.I. The van der Waals surface area contributed by atoms with E-state index in [1.54, 1.807) is 0 Å². The molecule has 0 amide bonds. The average molecular weight is 551 g/mol.